The van der Waals surface area contributed by atoms with Gasteiger partial charge in [-0.3, -0.25) is 0 Å². The third kappa shape index (κ3) is 3.33. The van der Waals surface area contributed by atoms with E-state index in [2.05, 4.69) is 32.3 Å². The van der Waals surface area contributed by atoms with Crippen LogP contribution in [0.2, 0.25) is 0 Å². The van der Waals surface area contributed by atoms with E-state index in [1.807, 2.05) is 22.9 Å². The second-order valence-corrected chi connectivity index (χ2v) is 4.48. The average Bonchev–Trinajstić information content (AvgIpc) is 2.81. The van der Waals surface area contributed by atoms with Gasteiger partial charge in [-0.25, -0.2) is 4.98 Å². The van der Waals surface area contributed by atoms with E-state index in [0.29, 0.717) is 5.56 Å². The van der Waals surface area contributed by atoms with Crippen LogP contribution in [-0.4, -0.2) is 16.1 Å². The maximum atomic E-state index is 8.85. The number of imidazole rings is 1. The molecule has 0 unspecified atom stereocenters. The Bertz CT molecular complexity index is 528. The van der Waals surface area contributed by atoms with Crippen LogP contribution in [0.25, 0.3) is 0 Å². The van der Waals surface area contributed by atoms with Crippen molar-refractivity contribution in [2.24, 2.45) is 0 Å². The molecule has 1 aromatic heterocycles. The number of anilines is 1. The molecule has 0 radical (unpaired) electrons. The predicted molar refractivity (Wildman–Crippen MR) is 69.6 cm³/mol. The first kappa shape index (κ1) is 11.7. The first-order valence-corrected chi connectivity index (χ1v) is 5.97. The van der Waals surface area contributed by atoms with Crippen molar-refractivity contribution in [3.8, 4) is 6.07 Å². The van der Waals surface area contributed by atoms with Gasteiger partial charge >= 0.3 is 0 Å². The maximum Gasteiger partial charge on any atom is 0.0992 e. The lowest BCUT2D eigenvalue weighted by atomic mass is 10.2. The molecule has 86 valence electrons. The van der Waals surface area contributed by atoms with Gasteiger partial charge in [0.2, 0.25) is 0 Å². The lowest BCUT2D eigenvalue weighted by molar-refractivity contribution is 0.727. The highest BCUT2D eigenvalue weighted by Gasteiger charge is 1.98. The van der Waals surface area contributed by atoms with Gasteiger partial charge in [0.25, 0.3) is 0 Å². The topological polar surface area (TPSA) is 53.6 Å². The molecule has 1 heterocycles. The van der Waals surface area contributed by atoms with Gasteiger partial charge in [0.15, 0.2) is 0 Å². The molecule has 0 aliphatic carbocycles. The van der Waals surface area contributed by atoms with E-state index in [4.69, 9.17) is 5.26 Å². The molecule has 0 aliphatic rings. The summed E-state index contributed by atoms with van der Waals surface area (Å²) in [5.74, 6) is 0. The highest BCUT2D eigenvalue weighted by Crippen LogP contribution is 2.18. The molecule has 2 aromatic rings. The Morgan fingerprint density at radius 1 is 1.41 bits per heavy atom. The molecule has 0 spiro atoms. The van der Waals surface area contributed by atoms with Crippen molar-refractivity contribution in [3.05, 3.63) is 47.0 Å². The fourth-order valence-corrected chi connectivity index (χ4v) is 2.00. The third-order valence-electron chi connectivity index (χ3n) is 2.29. The highest BCUT2D eigenvalue weighted by atomic mass is 79.9. The predicted octanol–water partition coefficient (Wildman–Crippen LogP) is 2.63. The van der Waals surface area contributed by atoms with Gasteiger partial charge in [-0.2, -0.15) is 5.26 Å². The van der Waals surface area contributed by atoms with E-state index < -0.39 is 0 Å². The lowest BCUT2D eigenvalue weighted by Crippen LogP contribution is -2.09. The van der Waals surface area contributed by atoms with Crippen LogP contribution in [0.5, 0.6) is 0 Å². The Balaban J connectivity index is 1.95. The largest absolute Gasteiger partial charge is 0.383 e. The molecule has 5 heteroatoms. The van der Waals surface area contributed by atoms with Crippen LogP contribution in [0.3, 0.4) is 0 Å². The molecule has 1 aromatic carbocycles. The van der Waals surface area contributed by atoms with E-state index in [0.717, 1.165) is 23.2 Å². The Hall–Kier alpha value is -1.80. The van der Waals surface area contributed by atoms with E-state index >= 15 is 0 Å². The third-order valence-corrected chi connectivity index (χ3v) is 2.74. The quantitative estimate of drug-likeness (QED) is 0.942. The van der Waals surface area contributed by atoms with E-state index in [9.17, 15) is 0 Å². The number of nitrogens with one attached hydrogen (secondary N) is 1. The Labute approximate surface area is 108 Å². The summed E-state index contributed by atoms with van der Waals surface area (Å²) in [7, 11) is 0. The van der Waals surface area contributed by atoms with Gasteiger partial charge in [-0.1, -0.05) is 15.9 Å². The number of rotatable bonds is 4. The van der Waals surface area contributed by atoms with Crippen molar-refractivity contribution in [3.63, 3.8) is 0 Å². The fraction of sp³-hybridized carbons (Fsp3) is 0.167. The summed E-state index contributed by atoms with van der Waals surface area (Å²) in [5, 5.41) is 12.1. The Morgan fingerprint density at radius 2 is 2.29 bits per heavy atom. The van der Waals surface area contributed by atoms with Crippen LogP contribution in [0.1, 0.15) is 5.56 Å². The van der Waals surface area contributed by atoms with Crippen LogP contribution in [-0.2, 0) is 6.54 Å². The monoisotopic (exact) mass is 290 g/mol. The standard InChI is InChI=1S/C12H11BrN4/c13-11-5-10(8-14)6-12(7-11)16-2-4-17-3-1-15-9-17/h1,3,5-7,9,16H,2,4H2. The Morgan fingerprint density at radius 3 is 3.00 bits per heavy atom. The summed E-state index contributed by atoms with van der Waals surface area (Å²) in [6.45, 7) is 1.63. The zero-order valence-corrected chi connectivity index (χ0v) is 10.7. The molecule has 0 aliphatic heterocycles. The molecule has 0 saturated heterocycles. The van der Waals surface area contributed by atoms with Crippen LogP contribution in [0.4, 0.5) is 5.69 Å². The summed E-state index contributed by atoms with van der Waals surface area (Å²) in [6.07, 6.45) is 5.46. The van der Waals surface area contributed by atoms with Crippen LogP contribution in [0.15, 0.2) is 41.4 Å². The van der Waals surface area contributed by atoms with Crippen LogP contribution in [0, 0.1) is 11.3 Å². The van der Waals surface area contributed by atoms with Gasteiger partial charge in [0.05, 0.1) is 18.0 Å². The second-order valence-electron chi connectivity index (χ2n) is 3.57. The molecule has 4 nitrogen and oxygen atoms in total. The lowest BCUT2D eigenvalue weighted by Gasteiger charge is -2.07. The van der Waals surface area contributed by atoms with E-state index in [1.165, 1.54) is 0 Å². The molecule has 1 N–H and O–H groups in total. The van der Waals surface area contributed by atoms with Crippen LogP contribution < -0.4 is 5.32 Å². The second kappa shape index (κ2) is 5.51. The van der Waals surface area contributed by atoms with E-state index in [-0.39, 0.29) is 0 Å². The van der Waals surface area contributed by atoms with Gasteiger partial charge in [-0.05, 0) is 18.2 Å². The zero-order valence-electron chi connectivity index (χ0n) is 9.10. The van der Waals surface area contributed by atoms with Crippen molar-refractivity contribution in [1.29, 1.82) is 5.26 Å². The molecule has 17 heavy (non-hydrogen) atoms. The molecular formula is C12H11BrN4. The van der Waals surface area contributed by atoms with Gasteiger partial charge in [-0.15, -0.1) is 0 Å². The maximum absolute atomic E-state index is 8.85. The van der Waals surface area contributed by atoms with Crippen molar-refractivity contribution < 1.29 is 0 Å². The molecule has 0 fully saturated rings. The SMILES string of the molecule is N#Cc1cc(Br)cc(NCCn2ccnc2)c1. The number of aromatic nitrogens is 2. The van der Waals surface area contributed by atoms with Gasteiger partial charge in [0.1, 0.15) is 0 Å². The highest BCUT2D eigenvalue weighted by molar-refractivity contribution is 9.10. The summed E-state index contributed by atoms with van der Waals surface area (Å²) in [4.78, 5) is 3.97. The smallest absolute Gasteiger partial charge is 0.0992 e. The minimum atomic E-state index is 0.643. The first-order valence-electron chi connectivity index (χ1n) is 5.18. The molecular weight excluding hydrogens is 280 g/mol. The molecule has 0 saturated carbocycles. The van der Waals surface area contributed by atoms with Crippen molar-refractivity contribution >= 4 is 21.6 Å². The van der Waals surface area contributed by atoms with Gasteiger partial charge < -0.3 is 9.88 Å². The summed E-state index contributed by atoms with van der Waals surface area (Å²) in [6, 6.07) is 7.70. The number of hydrogen-bond acceptors (Lipinski definition) is 3. The number of hydrogen-bond donors (Lipinski definition) is 1. The molecule has 0 atom stereocenters. The molecule has 2 rings (SSSR count). The Kier molecular flexibility index (Phi) is 3.78. The molecule has 0 amide bonds. The van der Waals surface area contributed by atoms with E-state index in [1.54, 1.807) is 18.6 Å². The average molecular weight is 291 g/mol. The number of nitrogens with zero attached hydrogens (tertiary/aromatic N) is 3. The fourth-order valence-electron chi connectivity index (χ4n) is 1.50. The first-order chi connectivity index (χ1) is 8.28. The normalized spacial score (nSPS) is 9.88. The summed E-state index contributed by atoms with van der Waals surface area (Å²) >= 11 is 3.38. The van der Waals surface area contributed by atoms with Crippen molar-refractivity contribution in [1.82, 2.24) is 9.55 Å². The molecule has 0 bridgehead atoms. The van der Waals surface area contributed by atoms with Crippen molar-refractivity contribution in [2.75, 3.05) is 11.9 Å². The summed E-state index contributed by atoms with van der Waals surface area (Å²) in [5.41, 5.74) is 1.58. The number of halogens is 1. The van der Waals surface area contributed by atoms with Crippen molar-refractivity contribution in [2.45, 2.75) is 6.54 Å². The zero-order chi connectivity index (χ0) is 12.1. The number of nitriles is 1. The minimum Gasteiger partial charge on any atom is -0.383 e. The minimum absolute atomic E-state index is 0.643. The van der Waals surface area contributed by atoms with Crippen LogP contribution >= 0.6 is 15.9 Å². The summed E-state index contributed by atoms with van der Waals surface area (Å²) < 4.78 is 2.90. The number of benzene rings is 1. The van der Waals surface area contributed by atoms with Gasteiger partial charge in [0, 0.05) is 35.6 Å².